The number of ketones is 1. The van der Waals surface area contributed by atoms with Crippen LogP contribution < -0.4 is 5.32 Å². The zero-order valence-corrected chi connectivity index (χ0v) is 17.4. The Morgan fingerprint density at radius 3 is 2.66 bits per heavy atom. The fourth-order valence-corrected chi connectivity index (χ4v) is 4.41. The zero-order valence-electron chi connectivity index (χ0n) is 17.4. The van der Waals surface area contributed by atoms with E-state index in [0.717, 1.165) is 25.7 Å². The summed E-state index contributed by atoms with van der Waals surface area (Å²) >= 11 is 0. The van der Waals surface area contributed by atoms with Gasteiger partial charge in [-0.05, 0) is 32.6 Å². The van der Waals surface area contributed by atoms with E-state index in [1.807, 2.05) is 13.8 Å². The van der Waals surface area contributed by atoms with Crippen molar-refractivity contribution in [3.05, 3.63) is 11.7 Å². The molecule has 2 aliphatic rings. The summed E-state index contributed by atoms with van der Waals surface area (Å²) in [6, 6.07) is -0.942. The van der Waals surface area contributed by atoms with Gasteiger partial charge in [0.25, 0.3) is 0 Å². The summed E-state index contributed by atoms with van der Waals surface area (Å²) in [6.45, 7) is 5.07. The number of Topliss-reactive ketones (excluding diaryl/α,β-unsaturated/α-hetero) is 1. The lowest BCUT2D eigenvalue weighted by Gasteiger charge is -2.38. The lowest BCUT2D eigenvalue weighted by atomic mass is 9.78. The molecule has 162 valence electrons. The van der Waals surface area contributed by atoms with Crippen LogP contribution in [0.15, 0.2) is 4.52 Å². The average molecular weight is 410 g/mol. The van der Waals surface area contributed by atoms with Gasteiger partial charge in [-0.3, -0.25) is 9.59 Å². The second kappa shape index (κ2) is 8.87. The lowest BCUT2D eigenvalue weighted by Crippen LogP contribution is -2.56. The van der Waals surface area contributed by atoms with Gasteiger partial charge < -0.3 is 19.8 Å². The summed E-state index contributed by atoms with van der Waals surface area (Å²) < 4.78 is 18.9. The van der Waals surface area contributed by atoms with Crippen molar-refractivity contribution in [2.75, 3.05) is 13.1 Å². The molecule has 0 radical (unpaired) electrons. The predicted molar refractivity (Wildman–Crippen MR) is 103 cm³/mol. The standard InChI is InChI=1S/C20H31FN4O4/c1-12-23-19(24-29-12)17(27)15-9-14(21)11-25(15)16(26)10-22-20(2,3)18(28)13-7-5-4-6-8-13/h13-15,18,22,28H,4-11H2,1-3H3/t14-,15?,18?/m0/s1. The minimum absolute atomic E-state index is 0.0771. The van der Waals surface area contributed by atoms with Crippen LogP contribution in [0.5, 0.6) is 0 Å². The molecule has 1 amide bonds. The fourth-order valence-electron chi connectivity index (χ4n) is 4.41. The van der Waals surface area contributed by atoms with Crippen LogP contribution in [-0.4, -0.2) is 68.8 Å². The van der Waals surface area contributed by atoms with Crippen molar-refractivity contribution >= 4 is 11.7 Å². The number of hydrogen-bond donors (Lipinski definition) is 2. The van der Waals surface area contributed by atoms with E-state index < -0.39 is 29.6 Å². The Hall–Kier alpha value is -1.87. The van der Waals surface area contributed by atoms with E-state index in [9.17, 15) is 19.1 Å². The smallest absolute Gasteiger partial charge is 0.240 e. The molecule has 8 nitrogen and oxygen atoms in total. The van der Waals surface area contributed by atoms with E-state index in [0.29, 0.717) is 0 Å². The number of rotatable bonds is 7. The van der Waals surface area contributed by atoms with E-state index in [-0.39, 0.29) is 43.1 Å². The number of nitrogens with zero attached hydrogens (tertiary/aromatic N) is 3. The van der Waals surface area contributed by atoms with Crippen LogP contribution in [0.1, 0.15) is 68.9 Å². The molecule has 0 spiro atoms. The van der Waals surface area contributed by atoms with Gasteiger partial charge in [-0.2, -0.15) is 4.98 Å². The second-order valence-corrected chi connectivity index (χ2v) is 8.81. The van der Waals surface area contributed by atoms with E-state index in [1.54, 1.807) is 6.92 Å². The van der Waals surface area contributed by atoms with Gasteiger partial charge in [0.05, 0.1) is 19.2 Å². The Morgan fingerprint density at radius 1 is 1.34 bits per heavy atom. The van der Waals surface area contributed by atoms with Gasteiger partial charge in [-0.15, -0.1) is 0 Å². The normalized spacial score (nSPS) is 24.7. The maximum Gasteiger partial charge on any atom is 0.240 e. The van der Waals surface area contributed by atoms with Crippen molar-refractivity contribution in [3.8, 4) is 0 Å². The summed E-state index contributed by atoms with van der Waals surface area (Å²) in [5, 5.41) is 17.5. The molecule has 0 aromatic carbocycles. The number of alkyl halides is 1. The van der Waals surface area contributed by atoms with Crippen LogP contribution in [0.25, 0.3) is 0 Å². The number of carbonyl (C=O) groups excluding carboxylic acids is 2. The van der Waals surface area contributed by atoms with E-state index in [2.05, 4.69) is 15.5 Å². The molecule has 1 aromatic heterocycles. The van der Waals surface area contributed by atoms with Crippen LogP contribution in [0, 0.1) is 12.8 Å². The highest BCUT2D eigenvalue weighted by molar-refractivity contribution is 5.99. The highest BCUT2D eigenvalue weighted by atomic mass is 19.1. The Labute approximate surface area is 170 Å². The third kappa shape index (κ3) is 5.01. The summed E-state index contributed by atoms with van der Waals surface area (Å²) in [5.74, 6) is -0.592. The topological polar surface area (TPSA) is 109 Å². The summed E-state index contributed by atoms with van der Waals surface area (Å²) in [4.78, 5) is 30.6. The monoisotopic (exact) mass is 410 g/mol. The SMILES string of the molecule is Cc1nc(C(=O)C2C[C@H](F)CN2C(=O)CNC(C)(C)C(O)C2CCCCC2)no1. The van der Waals surface area contributed by atoms with Crippen LogP contribution in [0.3, 0.4) is 0 Å². The van der Waals surface area contributed by atoms with Crippen molar-refractivity contribution < 1.29 is 23.6 Å². The zero-order chi connectivity index (χ0) is 21.2. The van der Waals surface area contributed by atoms with Gasteiger partial charge in [0, 0.05) is 18.9 Å². The molecule has 1 saturated heterocycles. The Balaban J connectivity index is 1.61. The van der Waals surface area contributed by atoms with Gasteiger partial charge in [-0.1, -0.05) is 24.4 Å². The molecule has 2 N–H and O–H groups in total. The van der Waals surface area contributed by atoms with Crippen molar-refractivity contribution in [2.24, 2.45) is 5.92 Å². The quantitative estimate of drug-likeness (QED) is 0.660. The first kappa shape index (κ1) is 21.8. The molecule has 1 aliphatic heterocycles. The van der Waals surface area contributed by atoms with Crippen molar-refractivity contribution in [2.45, 2.75) is 83.2 Å². The summed E-state index contributed by atoms with van der Waals surface area (Å²) in [7, 11) is 0. The molecule has 1 aliphatic carbocycles. The van der Waals surface area contributed by atoms with E-state index in [4.69, 9.17) is 4.52 Å². The molecule has 0 bridgehead atoms. The molecular formula is C20H31FN4O4. The fraction of sp³-hybridized carbons (Fsp3) is 0.800. The largest absolute Gasteiger partial charge is 0.391 e. The van der Waals surface area contributed by atoms with Crippen molar-refractivity contribution in [3.63, 3.8) is 0 Å². The van der Waals surface area contributed by atoms with Crippen LogP contribution in [0.2, 0.25) is 0 Å². The Bertz CT molecular complexity index is 732. The number of likely N-dealkylation sites (tertiary alicyclic amines) is 1. The maximum absolute atomic E-state index is 14.0. The molecule has 2 fully saturated rings. The molecular weight excluding hydrogens is 379 g/mol. The van der Waals surface area contributed by atoms with Crippen LogP contribution in [0.4, 0.5) is 4.39 Å². The van der Waals surface area contributed by atoms with Gasteiger partial charge in [-0.25, -0.2) is 4.39 Å². The molecule has 1 saturated carbocycles. The number of aliphatic hydroxyl groups excluding tert-OH is 1. The number of amides is 1. The molecule has 9 heteroatoms. The highest BCUT2D eigenvalue weighted by Gasteiger charge is 2.42. The summed E-state index contributed by atoms with van der Waals surface area (Å²) in [6.07, 6.45) is 3.46. The van der Waals surface area contributed by atoms with Crippen LogP contribution >= 0.6 is 0 Å². The molecule has 2 heterocycles. The van der Waals surface area contributed by atoms with Gasteiger partial charge in [0.1, 0.15) is 12.2 Å². The van der Waals surface area contributed by atoms with E-state index in [1.165, 1.54) is 11.3 Å². The van der Waals surface area contributed by atoms with Gasteiger partial charge in [0.2, 0.25) is 23.4 Å². The minimum atomic E-state index is -1.28. The second-order valence-electron chi connectivity index (χ2n) is 8.81. The predicted octanol–water partition coefficient (Wildman–Crippen LogP) is 1.81. The average Bonchev–Trinajstić information content (AvgIpc) is 3.31. The number of hydrogen-bond acceptors (Lipinski definition) is 7. The Kier molecular flexibility index (Phi) is 6.68. The van der Waals surface area contributed by atoms with Crippen molar-refractivity contribution in [1.82, 2.24) is 20.4 Å². The molecule has 3 rings (SSSR count). The lowest BCUT2D eigenvalue weighted by molar-refractivity contribution is -0.131. The molecule has 3 atom stereocenters. The van der Waals surface area contributed by atoms with E-state index >= 15 is 0 Å². The molecule has 1 aromatic rings. The van der Waals surface area contributed by atoms with Gasteiger partial charge in [0.15, 0.2) is 0 Å². The Morgan fingerprint density at radius 2 is 2.03 bits per heavy atom. The number of carbonyl (C=O) groups is 2. The number of aliphatic hydroxyl groups is 1. The maximum atomic E-state index is 14.0. The number of nitrogens with one attached hydrogen (secondary N) is 1. The number of aromatic nitrogens is 2. The number of aryl methyl sites for hydroxylation is 1. The van der Waals surface area contributed by atoms with Crippen LogP contribution in [-0.2, 0) is 4.79 Å². The summed E-state index contributed by atoms with van der Waals surface area (Å²) in [5.41, 5.74) is -0.670. The molecule has 29 heavy (non-hydrogen) atoms. The van der Waals surface area contributed by atoms with Crippen molar-refractivity contribution in [1.29, 1.82) is 0 Å². The number of halogens is 1. The third-order valence-electron chi connectivity index (χ3n) is 6.15. The minimum Gasteiger partial charge on any atom is -0.391 e. The third-order valence-corrected chi connectivity index (χ3v) is 6.15. The highest BCUT2D eigenvalue weighted by Crippen LogP contribution is 2.31. The molecule has 2 unspecified atom stereocenters. The first-order chi connectivity index (χ1) is 13.7. The first-order valence-corrected chi connectivity index (χ1v) is 10.4. The van der Waals surface area contributed by atoms with Gasteiger partial charge >= 0.3 is 0 Å². The first-order valence-electron chi connectivity index (χ1n) is 10.4.